The van der Waals surface area contributed by atoms with Gasteiger partial charge in [-0.2, -0.15) is 5.10 Å². The molecule has 31 heavy (non-hydrogen) atoms. The molecule has 0 aliphatic carbocycles. The van der Waals surface area contributed by atoms with Crippen LogP contribution in [0.4, 0.5) is 0 Å². The highest BCUT2D eigenvalue weighted by molar-refractivity contribution is 6.21. The van der Waals surface area contributed by atoms with Crippen molar-refractivity contribution in [3.05, 3.63) is 75.7 Å². The molecule has 0 radical (unpaired) electrons. The Hall–Kier alpha value is -3.81. The van der Waals surface area contributed by atoms with Crippen LogP contribution in [0.2, 0.25) is 0 Å². The van der Waals surface area contributed by atoms with E-state index in [1.807, 2.05) is 0 Å². The molecule has 158 valence electrons. The third kappa shape index (κ3) is 3.72. The van der Waals surface area contributed by atoms with Crippen molar-refractivity contribution in [2.45, 2.75) is 26.3 Å². The molecule has 1 aliphatic heterocycles. The van der Waals surface area contributed by atoms with E-state index in [0.29, 0.717) is 41.3 Å². The number of unbranched alkanes of at least 4 members (excludes halogenated alkanes) is 1. The van der Waals surface area contributed by atoms with Crippen molar-refractivity contribution in [2.75, 3.05) is 13.2 Å². The number of rotatable bonds is 7. The standard InChI is InChI=1S/C23H21N3O5/c1-2-26-22(29)16-10-4-3-9-15(16)19(24-26)23(30)31-14-8-7-13-25-20(27)17-11-5-6-12-18(17)21(25)28/h3-6,9-12H,2,7-8,13-14H2,1H3. The van der Waals surface area contributed by atoms with E-state index < -0.39 is 5.97 Å². The smallest absolute Gasteiger partial charge is 0.359 e. The molecule has 2 heterocycles. The third-order valence-electron chi connectivity index (χ3n) is 5.25. The van der Waals surface area contributed by atoms with Gasteiger partial charge < -0.3 is 4.74 Å². The minimum absolute atomic E-state index is 0.0948. The number of ether oxygens (including phenoxy) is 1. The predicted octanol–water partition coefficient (Wildman–Crippen LogP) is 2.65. The van der Waals surface area contributed by atoms with Crippen molar-refractivity contribution in [3.63, 3.8) is 0 Å². The van der Waals surface area contributed by atoms with Gasteiger partial charge in [-0.3, -0.25) is 19.3 Å². The van der Waals surface area contributed by atoms with Crippen molar-refractivity contribution in [1.29, 1.82) is 0 Å². The fourth-order valence-electron chi connectivity index (χ4n) is 3.65. The molecule has 0 spiro atoms. The maximum atomic E-state index is 12.6. The summed E-state index contributed by atoms with van der Waals surface area (Å²) in [6.07, 6.45) is 0.978. The van der Waals surface area contributed by atoms with E-state index in [9.17, 15) is 19.2 Å². The first-order valence-corrected chi connectivity index (χ1v) is 10.1. The Morgan fingerprint density at radius 1 is 0.903 bits per heavy atom. The van der Waals surface area contributed by atoms with Crippen LogP contribution in [-0.2, 0) is 11.3 Å². The SMILES string of the molecule is CCn1nc(C(=O)OCCCCN2C(=O)c3ccccc3C2=O)c2ccccc2c1=O. The topological polar surface area (TPSA) is 98.6 Å². The number of amides is 2. The first kappa shape index (κ1) is 20.5. The van der Waals surface area contributed by atoms with Crippen LogP contribution in [-0.4, -0.2) is 45.6 Å². The summed E-state index contributed by atoms with van der Waals surface area (Å²) in [6.45, 7) is 2.48. The molecule has 0 N–H and O–H groups in total. The zero-order valence-corrected chi connectivity index (χ0v) is 17.0. The molecule has 0 saturated carbocycles. The largest absolute Gasteiger partial charge is 0.461 e. The average molecular weight is 419 g/mol. The highest BCUT2D eigenvalue weighted by Gasteiger charge is 2.34. The maximum absolute atomic E-state index is 12.6. The second kappa shape index (κ2) is 8.51. The van der Waals surface area contributed by atoms with Gasteiger partial charge in [0.15, 0.2) is 5.69 Å². The number of imide groups is 1. The fraction of sp³-hybridized carbons (Fsp3) is 0.261. The number of hydrogen-bond donors (Lipinski definition) is 0. The third-order valence-corrected chi connectivity index (χ3v) is 5.25. The Morgan fingerprint density at radius 3 is 2.16 bits per heavy atom. The van der Waals surface area contributed by atoms with E-state index in [1.54, 1.807) is 55.5 Å². The lowest BCUT2D eigenvalue weighted by Crippen LogP contribution is -2.30. The van der Waals surface area contributed by atoms with Crippen LogP contribution in [0.1, 0.15) is 51.0 Å². The number of hydrogen-bond acceptors (Lipinski definition) is 6. The van der Waals surface area contributed by atoms with Crippen molar-refractivity contribution >= 4 is 28.6 Å². The van der Waals surface area contributed by atoms with Gasteiger partial charge in [-0.05, 0) is 38.0 Å². The van der Waals surface area contributed by atoms with Crippen LogP contribution in [0.15, 0.2) is 53.3 Å². The minimum atomic E-state index is -0.612. The van der Waals surface area contributed by atoms with Crippen LogP contribution < -0.4 is 5.56 Å². The molecule has 8 nitrogen and oxygen atoms in total. The Balaban J connectivity index is 1.36. The van der Waals surface area contributed by atoms with E-state index in [-0.39, 0.29) is 36.2 Å². The molecule has 0 bridgehead atoms. The van der Waals surface area contributed by atoms with E-state index in [1.165, 1.54) is 9.58 Å². The van der Waals surface area contributed by atoms with Crippen molar-refractivity contribution in [1.82, 2.24) is 14.7 Å². The predicted molar refractivity (Wildman–Crippen MR) is 113 cm³/mol. The summed E-state index contributed by atoms with van der Waals surface area (Å²) in [4.78, 5) is 50.9. The molecular weight excluding hydrogens is 398 g/mol. The number of carbonyl (C=O) groups excluding carboxylic acids is 3. The molecule has 2 aromatic carbocycles. The van der Waals surface area contributed by atoms with Gasteiger partial charge in [-0.15, -0.1) is 0 Å². The molecule has 3 aromatic rings. The highest BCUT2D eigenvalue weighted by Crippen LogP contribution is 2.22. The number of esters is 1. The van der Waals surface area contributed by atoms with Crippen LogP contribution >= 0.6 is 0 Å². The molecule has 8 heteroatoms. The normalized spacial score (nSPS) is 13.0. The maximum Gasteiger partial charge on any atom is 0.359 e. The lowest BCUT2D eigenvalue weighted by atomic mass is 10.1. The number of fused-ring (bicyclic) bond motifs is 2. The Morgan fingerprint density at radius 2 is 1.52 bits per heavy atom. The van der Waals surface area contributed by atoms with Gasteiger partial charge in [0.2, 0.25) is 0 Å². The Bertz CT molecular complexity index is 1210. The van der Waals surface area contributed by atoms with Gasteiger partial charge in [0.25, 0.3) is 17.4 Å². The summed E-state index contributed by atoms with van der Waals surface area (Å²) >= 11 is 0. The number of aromatic nitrogens is 2. The Kier molecular flexibility index (Phi) is 5.62. The molecular formula is C23H21N3O5. The molecule has 0 saturated heterocycles. The molecule has 0 atom stereocenters. The van der Waals surface area contributed by atoms with Crippen molar-refractivity contribution in [3.8, 4) is 0 Å². The lowest BCUT2D eigenvalue weighted by molar-refractivity contribution is 0.0479. The molecule has 2 amide bonds. The quantitative estimate of drug-likeness (QED) is 0.332. The number of nitrogens with zero attached hydrogens (tertiary/aromatic N) is 3. The van der Waals surface area contributed by atoms with Gasteiger partial charge >= 0.3 is 5.97 Å². The lowest BCUT2D eigenvalue weighted by Gasteiger charge is -2.13. The zero-order valence-electron chi connectivity index (χ0n) is 17.0. The molecule has 0 fully saturated rings. The average Bonchev–Trinajstić information content (AvgIpc) is 3.04. The van der Waals surface area contributed by atoms with Gasteiger partial charge in [0.05, 0.1) is 23.1 Å². The van der Waals surface area contributed by atoms with E-state index in [4.69, 9.17) is 4.74 Å². The van der Waals surface area contributed by atoms with Crippen molar-refractivity contribution in [2.24, 2.45) is 0 Å². The van der Waals surface area contributed by atoms with Crippen molar-refractivity contribution < 1.29 is 19.1 Å². The minimum Gasteiger partial charge on any atom is -0.461 e. The van der Waals surface area contributed by atoms with Crippen LogP contribution in [0.5, 0.6) is 0 Å². The van der Waals surface area contributed by atoms with Crippen LogP contribution in [0, 0.1) is 0 Å². The van der Waals surface area contributed by atoms with E-state index >= 15 is 0 Å². The van der Waals surface area contributed by atoms with Gasteiger partial charge in [0.1, 0.15) is 0 Å². The fourth-order valence-corrected chi connectivity index (χ4v) is 3.65. The highest BCUT2D eigenvalue weighted by atomic mass is 16.5. The van der Waals surface area contributed by atoms with Crippen LogP contribution in [0.25, 0.3) is 10.8 Å². The Labute approximate surface area is 178 Å². The van der Waals surface area contributed by atoms with Crippen LogP contribution in [0.3, 0.4) is 0 Å². The summed E-state index contributed by atoms with van der Waals surface area (Å²) in [7, 11) is 0. The van der Waals surface area contributed by atoms with E-state index in [2.05, 4.69) is 5.10 Å². The number of benzene rings is 2. The first-order chi connectivity index (χ1) is 15.0. The van der Waals surface area contributed by atoms with Gasteiger partial charge in [-0.25, -0.2) is 9.48 Å². The molecule has 1 aliphatic rings. The molecule has 0 unspecified atom stereocenters. The number of carbonyl (C=O) groups is 3. The van der Waals surface area contributed by atoms with Gasteiger partial charge in [0, 0.05) is 18.5 Å². The van der Waals surface area contributed by atoms with E-state index in [0.717, 1.165) is 0 Å². The summed E-state index contributed by atoms with van der Waals surface area (Å²) < 4.78 is 6.59. The summed E-state index contributed by atoms with van der Waals surface area (Å²) in [5.74, 6) is -1.20. The summed E-state index contributed by atoms with van der Waals surface area (Å²) in [6, 6.07) is 13.5. The second-order valence-corrected chi connectivity index (χ2v) is 7.17. The summed E-state index contributed by atoms with van der Waals surface area (Å²) in [5, 5.41) is 5.02. The van der Waals surface area contributed by atoms with Gasteiger partial charge in [-0.1, -0.05) is 30.3 Å². The molecule has 4 rings (SSSR count). The monoisotopic (exact) mass is 419 g/mol. The molecule has 1 aromatic heterocycles. The first-order valence-electron chi connectivity index (χ1n) is 10.1. The number of aryl methyl sites for hydroxylation is 1. The zero-order chi connectivity index (χ0) is 22.0. The summed E-state index contributed by atoms with van der Waals surface area (Å²) in [5.41, 5.74) is 0.679. The second-order valence-electron chi connectivity index (χ2n) is 7.17.